The average molecular weight is 413 g/mol. The highest BCUT2D eigenvalue weighted by Gasteiger charge is 2.28. The molecule has 3 heterocycles. The largest absolute Gasteiger partial charge is 0.443 e. The molecule has 4 rings (SSSR count). The van der Waals surface area contributed by atoms with E-state index in [9.17, 15) is 4.79 Å². The molecule has 1 aliphatic heterocycles. The van der Waals surface area contributed by atoms with Crippen molar-refractivity contribution < 1.29 is 9.21 Å². The number of carbonyl (C=O) groups excluding carboxylic acids is 1. The van der Waals surface area contributed by atoms with Crippen LogP contribution in [0.5, 0.6) is 0 Å². The SMILES string of the molecule is Cc1oc2ncnc(N3CCCC(C(=O)NCCc4ccc(Cl)cc4)C3)c2c1C. The number of hydrogen-bond donors (Lipinski definition) is 1. The quantitative estimate of drug-likeness (QED) is 0.684. The van der Waals surface area contributed by atoms with Gasteiger partial charge in [-0.05, 0) is 50.8 Å². The van der Waals surface area contributed by atoms with Gasteiger partial charge in [0, 0.05) is 30.2 Å². The molecule has 6 nitrogen and oxygen atoms in total. The van der Waals surface area contributed by atoms with Crippen LogP contribution in [-0.4, -0.2) is 35.5 Å². The summed E-state index contributed by atoms with van der Waals surface area (Å²) in [4.78, 5) is 23.7. The number of nitrogens with zero attached hydrogens (tertiary/aromatic N) is 3. The third-order valence-electron chi connectivity index (χ3n) is 5.66. The molecule has 0 aliphatic carbocycles. The molecule has 0 spiro atoms. The van der Waals surface area contributed by atoms with Crippen LogP contribution < -0.4 is 10.2 Å². The van der Waals surface area contributed by atoms with Crippen molar-refractivity contribution in [3.8, 4) is 0 Å². The number of halogens is 1. The van der Waals surface area contributed by atoms with Gasteiger partial charge in [-0.1, -0.05) is 23.7 Å². The van der Waals surface area contributed by atoms with Crippen molar-refractivity contribution in [3.63, 3.8) is 0 Å². The normalized spacial score (nSPS) is 16.9. The lowest BCUT2D eigenvalue weighted by atomic mass is 9.96. The minimum atomic E-state index is -0.0488. The fourth-order valence-corrected chi connectivity index (χ4v) is 4.04. The Morgan fingerprint density at radius 1 is 1.28 bits per heavy atom. The number of amides is 1. The monoisotopic (exact) mass is 412 g/mol. The zero-order valence-corrected chi connectivity index (χ0v) is 17.5. The molecular weight excluding hydrogens is 388 g/mol. The van der Waals surface area contributed by atoms with Gasteiger partial charge in [-0.2, -0.15) is 0 Å². The molecule has 2 aromatic heterocycles. The van der Waals surface area contributed by atoms with Crippen molar-refractivity contribution in [2.24, 2.45) is 5.92 Å². The maximum atomic E-state index is 12.7. The van der Waals surface area contributed by atoms with E-state index in [0.717, 1.165) is 58.9 Å². The molecule has 1 atom stereocenters. The van der Waals surface area contributed by atoms with Gasteiger partial charge < -0.3 is 14.6 Å². The summed E-state index contributed by atoms with van der Waals surface area (Å²) in [5.41, 5.74) is 2.83. The second kappa shape index (κ2) is 8.41. The summed E-state index contributed by atoms with van der Waals surface area (Å²) in [6, 6.07) is 7.73. The Labute approximate surface area is 175 Å². The van der Waals surface area contributed by atoms with E-state index in [2.05, 4.69) is 20.2 Å². The third kappa shape index (κ3) is 4.22. The minimum Gasteiger partial charge on any atom is -0.443 e. The van der Waals surface area contributed by atoms with Gasteiger partial charge in [0.05, 0.1) is 11.3 Å². The van der Waals surface area contributed by atoms with Gasteiger partial charge >= 0.3 is 0 Å². The van der Waals surface area contributed by atoms with Gasteiger partial charge in [-0.25, -0.2) is 9.97 Å². The molecule has 1 fully saturated rings. The van der Waals surface area contributed by atoms with Crippen LogP contribution in [0.15, 0.2) is 35.0 Å². The number of rotatable bonds is 5. The summed E-state index contributed by atoms with van der Waals surface area (Å²) in [7, 11) is 0. The molecular formula is C22H25ClN4O2. The van der Waals surface area contributed by atoms with Crippen LogP contribution in [0, 0.1) is 19.8 Å². The number of aryl methyl sites for hydroxylation is 2. The van der Waals surface area contributed by atoms with E-state index >= 15 is 0 Å². The smallest absolute Gasteiger partial charge is 0.231 e. The van der Waals surface area contributed by atoms with Gasteiger partial charge in [-0.15, -0.1) is 0 Å². The maximum absolute atomic E-state index is 12.7. The zero-order valence-electron chi connectivity index (χ0n) is 16.7. The maximum Gasteiger partial charge on any atom is 0.231 e. The Kier molecular flexibility index (Phi) is 5.72. The molecule has 1 aromatic carbocycles. The molecule has 152 valence electrons. The van der Waals surface area contributed by atoms with Crippen molar-refractivity contribution in [3.05, 3.63) is 52.5 Å². The molecule has 0 bridgehead atoms. The Hall–Kier alpha value is -2.60. The fourth-order valence-electron chi connectivity index (χ4n) is 3.91. The number of fused-ring (bicyclic) bond motifs is 1. The van der Waals surface area contributed by atoms with Crippen molar-refractivity contribution >= 4 is 34.4 Å². The Bertz CT molecular complexity index is 1020. The summed E-state index contributed by atoms with van der Waals surface area (Å²) in [6.45, 7) is 6.12. The number of aromatic nitrogens is 2. The number of benzene rings is 1. The molecule has 1 N–H and O–H groups in total. The zero-order chi connectivity index (χ0) is 20.4. The lowest BCUT2D eigenvalue weighted by Gasteiger charge is -2.33. The molecule has 0 radical (unpaired) electrons. The van der Waals surface area contributed by atoms with E-state index in [1.165, 1.54) is 6.33 Å². The van der Waals surface area contributed by atoms with Crippen LogP contribution in [0.2, 0.25) is 5.02 Å². The first kappa shape index (κ1) is 19.7. The molecule has 0 saturated carbocycles. The summed E-state index contributed by atoms with van der Waals surface area (Å²) < 4.78 is 5.74. The predicted molar refractivity (Wildman–Crippen MR) is 114 cm³/mol. The lowest BCUT2D eigenvalue weighted by Crippen LogP contribution is -2.43. The third-order valence-corrected chi connectivity index (χ3v) is 5.92. The van der Waals surface area contributed by atoms with Gasteiger partial charge in [0.15, 0.2) is 0 Å². The minimum absolute atomic E-state index is 0.0488. The number of anilines is 1. The second-order valence-electron chi connectivity index (χ2n) is 7.61. The number of nitrogens with one attached hydrogen (secondary N) is 1. The van der Waals surface area contributed by atoms with E-state index < -0.39 is 0 Å². The van der Waals surface area contributed by atoms with E-state index in [-0.39, 0.29) is 11.8 Å². The second-order valence-corrected chi connectivity index (χ2v) is 8.05. The summed E-state index contributed by atoms with van der Waals surface area (Å²) in [6.07, 6.45) is 4.17. The first-order chi connectivity index (χ1) is 14.0. The first-order valence-electron chi connectivity index (χ1n) is 10.0. The number of hydrogen-bond acceptors (Lipinski definition) is 5. The highest BCUT2D eigenvalue weighted by atomic mass is 35.5. The highest BCUT2D eigenvalue weighted by Crippen LogP contribution is 2.32. The van der Waals surface area contributed by atoms with Crippen LogP contribution in [0.4, 0.5) is 5.82 Å². The van der Waals surface area contributed by atoms with E-state index in [0.29, 0.717) is 18.8 Å². The van der Waals surface area contributed by atoms with Gasteiger partial charge in [0.1, 0.15) is 17.9 Å². The van der Waals surface area contributed by atoms with Crippen LogP contribution in [0.25, 0.3) is 11.1 Å². The molecule has 1 amide bonds. The van der Waals surface area contributed by atoms with Crippen LogP contribution in [-0.2, 0) is 11.2 Å². The molecule has 1 unspecified atom stereocenters. The van der Waals surface area contributed by atoms with Crippen molar-refractivity contribution in [2.45, 2.75) is 33.1 Å². The van der Waals surface area contributed by atoms with E-state index in [1.54, 1.807) is 0 Å². The van der Waals surface area contributed by atoms with Crippen LogP contribution in [0.1, 0.15) is 29.7 Å². The predicted octanol–water partition coefficient (Wildman–Crippen LogP) is 4.07. The molecule has 29 heavy (non-hydrogen) atoms. The first-order valence-corrected chi connectivity index (χ1v) is 10.4. The topological polar surface area (TPSA) is 71.3 Å². The van der Waals surface area contributed by atoms with Gasteiger partial charge in [0.2, 0.25) is 11.6 Å². The van der Waals surface area contributed by atoms with Crippen molar-refractivity contribution in [1.82, 2.24) is 15.3 Å². The van der Waals surface area contributed by atoms with E-state index in [1.807, 2.05) is 38.1 Å². The molecule has 7 heteroatoms. The number of furan rings is 1. The molecule has 1 saturated heterocycles. The van der Waals surface area contributed by atoms with Crippen LogP contribution >= 0.6 is 11.6 Å². The Morgan fingerprint density at radius 3 is 2.86 bits per heavy atom. The Balaban J connectivity index is 1.40. The van der Waals surface area contributed by atoms with Crippen LogP contribution in [0.3, 0.4) is 0 Å². The van der Waals surface area contributed by atoms with Gasteiger partial charge in [-0.3, -0.25) is 4.79 Å². The summed E-state index contributed by atoms with van der Waals surface area (Å²) >= 11 is 5.92. The number of piperidine rings is 1. The standard InChI is InChI=1S/C22H25ClN4O2/c1-14-15(2)29-22-19(14)20(25-13-26-22)27-11-3-4-17(12-27)21(28)24-10-9-16-5-7-18(23)8-6-16/h5-8,13,17H,3-4,9-12H2,1-2H3,(H,24,28). The highest BCUT2D eigenvalue weighted by molar-refractivity contribution is 6.30. The lowest BCUT2D eigenvalue weighted by molar-refractivity contribution is -0.125. The van der Waals surface area contributed by atoms with Gasteiger partial charge in [0.25, 0.3) is 0 Å². The molecule has 1 aliphatic rings. The summed E-state index contributed by atoms with van der Waals surface area (Å²) in [5.74, 6) is 1.78. The number of carbonyl (C=O) groups is 1. The Morgan fingerprint density at radius 2 is 2.07 bits per heavy atom. The van der Waals surface area contributed by atoms with Crippen molar-refractivity contribution in [1.29, 1.82) is 0 Å². The average Bonchev–Trinajstić information content (AvgIpc) is 3.03. The summed E-state index contributed by atoms with van der Waals surface area (Å²) in [5, 5.41) is 4.77. The van der Waals surface area contributed by atoms with E-state index in [4.69, 9.17) is 16.0 Å². The molecule has 3 aromatic rings. The van der Waals surface area contributed by atoms with Crippen molar-refractivity contribution in [2.75, 3.05) is 24.5 Å². The fraction of sp³-hybridized carbons (Fsp3) is 0.409.